The van der Waals surface area contributed by atoms with Gasteiger partial charge in [0, 0.05) is 10.6 Å². The topological polar surface area (TPSA) is 78.8 Å². The van der Waals surface area contributed by atoms with Crippen LogP contribution in [0.2, 0.25) is 5.02 Å². The number of nitrogens with one attached hydrogen (secondary N) is 1. The van der Waals surface area contributed by atoms with Crippen LogP contribution in [-0.4, -0.2) is 27.1 Å². The number of nitrogens with zero attached hydrogens (tertiary/aromatic N) is 2. The van der Waals surface area contributed by atoms with Crippen LogP contribution in [0, 0.1) is 6.92 Å². The predicted molar refractivity (Wildman–Crippen MR) is 144 cm³/mol. The fourth-order valence-electron chi connectivity index (χ4n) is 4.59. The van der Waals surface area contributed by atoms with Crippen LogP contribution in [0.5, 0.6) is 0 Å². The zero-order chi connectivity index (χ0) is 25.3. The zero-order valence-corrected chi connectivity index (χ0v) is 21.2. The van der Waals surface area contributed by atoms with Gasteiger partial charge in [-0.3, -0.25) is 9.10 Å². The second kappa shape index (κ2) is 9.76. The minimum Gasteiger partial charge on any atom is -0.271 e. The maximum atomic E-state index is 13.5. The molecule has 0 bridgehead atoms. The number of carbonyl (C=O) groups excluding carboxylic acids is 1. The van der Waals surface area contributed by atoms with Crippen LogP contribution in [-0.2, 0) is 27.7 Å². The van der Waals surface area contributed by atoms with Gasteiger partial charge in [-0.2, -0.15) is 5.10 Å². The Bertz CT molecular complexity index is 1590. The van der Waals surface area contributed by atoms with Crippen molar-refractivity contribution in [3.8, 4) is 0 Å². The van der Waals surface area contributed by atoms with E-state index in [0.717, 1.165) is 28.1 Å². The van der Waals surface area contributed by atoms with Crippen molar-refractivity contribution in [2.24, 2.45) is 5.10 Å². The maximum absolute atomic E-state index is 13.5. The van der Waals surface area contributed by atoms with Gasteiger partial charge in [0.1, 0.15) is 6.54 Å². The summed E-state index contributed by atoms with van der Waals surface area (Å²) in [5.41, 5.74) is 7.02. The Morgan fingerprint density at radius 1 is 1.00 bits per heavy atom. The van der Waals surface area contributed by atoms with E-state index in [1.807, 2.05) is 18.2 Å². The Hall–Kier alpha value is -3.68. The summed E-state index contributed by atoms with van der Waals surface area (Å²) in [4.78, 5) is 13.0. The van der Waals surface area contributed by atoms with Crippen molar-refractivity contribution in [2.75, 3.05) is 10.8 Å². The zero-order valence-electron chi connectivity index (χ0n) is 19.6. The summed E-state index contributed by atoms with van der Waals surface area (Å²) in [6, 6.07) is 23.2. The third kappa shape index (κ3) is 4.59. The van der Waals surface area contributed by atoms with Crippen LogP contribution in [0.15, 0.2) is 88.9 Å². The summed E-state index contributed by atoms with van der Waals surface area (Å²) in [7, 11) is -4.04. The molecule has 4 aromatic rings. The molecule has 0 fully saturated rings. The molecule has 0 atom stereocenters. The van der Waals surface area contributed by atoms with Gasteiger partial charge in [0.05, 0.1) is 16.8 Å². The fraction of sp³-hybridized carbons (Fsp3) is 0.143. The molecule has 0 unspecified atom stereocenters. The van der Waals surface area contributed by atoms with Crippen molar-refractivity contribution in [3.05, 3.63) is 106 Å². The lowest BCUT2D eigenvalue weighted by atomic mass is 10.0. The molecule has 4 aromatic carbocycles. The number of hydrogen-bond donors (Lipinski definition) is 1. The molecule has 0 aliphatic heterocycles. The van der Waals surface area contributed by atoms with Crippen LogP contribution in [0.3, 0.4) is 0 Å². The lowest BCUT2D eigenvalue weighted by molar-refractivity contribution is -0.119. The van der Waals surface area contributed by atoms with Crippen molar-refractivity contribution >= 4 is 50.2 Å². The standard InChI is InChI=1S/C28H24ClN3O3S/c1-19-10-15-23(29)16-26(19)32(36(34,35)24-7-3-2-4-8-24)18-27(33)31-30-17-22-14-13-21-12-11-20-6-5-9-25(22)28(20)21/h2-10,13-17H,11-12,18H2,1H3,(H,31,33)/b30-17-. The van der Waals surface area contributed by atoms with Crippen molar-refractivity contribution in [1.82, 2.24) is 5.43 Å². The first-order chi connectivity index (χ1) is 17.3. The number of anilines is 1. The smallest absolute Gasteiger partial charge is 0.264 e. The van der Waals surface area contributed by atoms with E-state index in [4.69, 9.17) is 11.6 Å². The monoisotopic (exact) mass is 517 g/mol. The van der Waals surface area contributed by atoms with E-state index in [0.29, 0.717) is 16.3 Å². The minimum atomic E-state index is -4.04. The van der Waals surface area contributed by atoms with Crippen molar-refractivity contribution < 1.29 is 13.2 Å². The SMILES string of the molecule is Cc1ccc(Cl)cc1N(CC(=O)N/N=C\c1ccc2c3c(cccc13)CC2)S(=O)(=O)c1ccccc1. The molecule has 1 aliphatic rings. The molecule has 0 saturated heterocycles. The summed E-state index contributed by atoms with van der Waals surface area (Å²) >= 11 is 6.17. The molecule has 0 heterocycles. The molecule has 8 heteroatoms. The summed E-state index contributed by atoms with van der Waals surface area (Å²) < 4.78 is 28.1. The van der Waals surface area contributed by atoms with Gasteiger partial charge in [-0.25, -0.2) is 13.8 Å². The van der Waals surface area contributed by atoms with Gasteiger partial charge in [0.2, 0.25) is 0 Å². The Balaban J connectivity index is 1.41. The minimum absolute atomic E-state index is 0.0774. The predicted octanol–water partition coefficient (Wildman–Crippen LogP) is 5.25. The number of hydrogen-bond acceptors (Lipinski definition) is 4. The number of sulfonamides is 1. The van der Waals surface area contributed by atoms with Crippen LogP contribution >= 0.6 is 11.6 Å². The Labute approximate surface area is 215 Å². The van der Waals surface area contributed by atoms with Gasteiger partial charge in [-0.05, 0) is 71.5 Å². The van der Waals surface area contributed by atoms with Gasteiger partial charge in [0.25, 0.3) is 15.9 Å². The number of benzene rings is 4. The second-order valence-corrected chi connectivity index (χ2v) is 11.0. The summed E-state index contributed by atoms with van der Waals surface area (Å²) in [5.74, 6) is -0.573. The highest BCUT2D eigenvalue weighted by Crippen LogP contribution is 2.32. The van der Waals surface area contributed by atoms with E-state index in [1.54, 1.807) is 49.5 Å². The van der Waals surface area contributed by atoms with E-state index in [2.05, 4.69) is 22.7 Å². The molecule has 6 nitrogen and oxygen atoms in total. The number of halogens is 1. The quantitative estimate of drug-likeness (QED) is 0.269. The lowest BCUT2D eigenvalue weighted by Crippen LogP contribution is -2.40. The highest BCUT2D eigenvalue weighted by atomic mass is 35.5. The Morgan fingerprint density at radius 2 is 1.75 bits per heavy atom. The van der Waals surface area contributed by atoms with Gasteiger partial charge in [0.15, 0.2) is 0 Å². The van der Waals surface area contributed by atoms with Crippen molar-refractivity contribution in [1.29, 1.82) is 0 Å². The third-order valence-corrected chi connectivity index (χ3v) is 8.37. The molecule has 0 aromatic heterocycles. The Morgan fingerprint density at radius 3 is 2.53 bits per heavy atom. The van der Waals surface area contributed by atoms with Gasteiger partial charge in [-0.15, -0.1) is 0 Å². The normalized spacial score (nSPS) is 12.8. The number of carbonyl (C=O) groups is 1. The van der Waals surface area contributed by atoms with Gasteiger partial charge in [-0.1, -0.05) is 66.2 Å². The van der Waals surface area contributed by atoms with Crippen molar-refractivity contribution in [3.63, 3.8) is 0 Å². The van der Waals surface area contributed by atoms with E-state index >= 15 is 0 Å². The second-order valence-electron chi connectivity index (χ2n) is 8.70. The first-order valence-corrected chi connectivity index (χ1v) is 13.4. The van der Waals surface area contributed by atoms with Crippen molar-refractivity contribution in [2.45, 2.75) is 24.7 Å². The van der Waals surface area contributed by atoms with Crippen LogP contribution in [0.1, 0.15) is 22.3 Å². The number of hydrazone groups is 1. The highest BCUT2D eigenvalue weighted by Gasteiger charge is 2.28. The lowest BCUT2D eigenvalue weighted by Gasteiger charge is -2.25. The molecular weight excluding hydrogens is 494 g/mol. The van der Waals surface area contributed by atoms with E-state index in [9.17, 15) is 13.2 Å². The number of amides is 1. The van der Waals surface area contributed by atoms with E-state index < -0.39 is 22.5 Å². The van der Waals surface area contributed by atoms with E-state index in [1.165, 1.54) is 28.6 Å². The molecule has 0 saturated carbocycles. The molecule has 0 radical (unpaired) electrons. The van der Waals surface area contributed by atoms with E-state index in [-0.39, 0.29) is 4.90 Å². The molecule has 1 amide bonds. The fourth-order valence-corrected chi connectivity index (χ4v) is 6.26. The molecule has 1 N–H and O–H groups in total. The third-order valence-electron chi connectivity index (χ3n) is 6.36. The Kier molecular flexibility index (Phi) is 6.51. The molecule has 1 aliphatic carbocycles. The average Bonchev–Trinajstić information content (AvgIpc) is 3.30. The molecule has 182 valence electrons. The number of aryl methyl sites for hydroxylation is 3. The largest absolute Gasteiger partial charge is 0.271 e. The van der Waals surface area contributed by atoms with Gasteiger partial charge >= 0.3 is 0 Å². The summed E-state index contributed by atoms with van der Waals surface area (Å²) in [6.45, 7) is 1.31. The van der Waals surface area contributed by atoms with Crippen LogP contribution < -0.4 is 9.73 Å². The summed E-state index contributed by atoms with van der Waals surface area (Å²) in [5, 5.41) is 6.85. The maximum Gasteiger partial charge on any atom is 0.264 e. The number of rotatable bonds is 7. The van der Waals surface area contributed by atoms with Crippen LogP contribution in [0.4, 0.5) is 5.69 Å². The first-order valence-electron chi connectivity index (χ1n) is 11.5. The highest BCUT2D eigenvalue weighted by molar-refractivity contribution is 7.92. The average molecular weight is 518 g/mol. The van der Waals surface area contributed by atoms with Gasteiger partial charge < -0.3 is 0 Å². The first kappa shape index (κ1) is 24.0. The summed E-state index contributed by atoms with van der Waals surface area (Å²) in [6.07, 6.45) is 3.65. The molecule has 0 spiro atoms. The molecule has 36 heavy (non-hydrogen) atoms. The molecular formula is C28H24ClN3O3S. The van der Waals surface area contributed by atoms with Crippen LogP contribution in [0.25, 0.3) is 10.8 Å². The molecule has 5 rings (SSSR count).